The Labute approximate surface area is 177 Å². The summed E-state index contributed by atoms with van der Waals surface area (Å²) in [7, 11) is 0. The lowest BCUT2D eigenvalue weighted by Gasteiger charge is -2.20. The van der Waals surface area contributed by atoms with Gasteiger partial charge in [0, 0.05) is 16.9 Å². The van der Waals surface area contributed by atoms with Crippen molar-refractivity contribution in [3.63, 3.8) is 0 Å². The van der Waals surface area contributed by atoms with Gasteiger partial charge in [0.2, 0.25) is 0 Å². The van der Waals surface area contributed by atoms with Gasteiger partial charge in [0.05, 0.1) is 27.3 Å². The Morgan fingerprint density at radius 1 is 1.21 bits per heavy atom. The zero-order chi connectivity index (χ0) is 19.7. The third-order valence-corrected chi connectivity index (χ3v) is 5.90. The zero-order valence-corrected chi connectivity index (χ0v) is 17.4. The number of carbonyl (C=O) groups excluding carboxylic acids is 1. The van der Waals surface area contributed by atoms with Crippen LogP contribution in [0.4, 0.5) is 9.52 Å². The Hall–Kier alpha value is -2.35. The largest absolute Gasteiger partial charge is 0.279 e. The van der Waals surface area contributed by atoms with E-state index in [0.717, 1.165) is 10.0 Å². The van der Waals surface area contributed by atoms with Crippen molar-refractivity contribution in [3.8, 4) is 0 Å². The van der Waals surface area contributed by atoms with Gasteiger partial charge in [0.1, 0.15) is 5.82 Å². The second-order valence-electron chi connectivity index (χ2n) is 5.99. The first-order valence-electron chi connectivity index (χ1n) is 8.23. The van der Waals surface area contributed by atoms with E-state index >= 15 is 0 Å². The molecule has 140 valence electrons. The Bertz CT molecular complexity index is 1170. The van der Waals surface area contributed by atoms with Gasteiger partial charge in [0.25, 0.3) is 5.91 Å². The standard InChI is InChI=1S/C20H12BrClFN3OS/c21-13-3-5-16(22)15(8-13)19(27)26(11-12-2-1-7-24-10-12)20-25-17-6-4-14(23)9-18(17)28-20/h1-10H,11H2. The van der Waals surface area contributed by atoms with Gasteiger partial charge in [-0.25, -0.2) is 9.37 Å². The molecule has 0 N–H and O–H groups in total. The molecule has 0 spiro atoms. The number of hydrogen-bond acceptors (Lipinski definition) is 4. The average molecular weight is 477 g/mol. The second kappa shape index (κ2) is 7.95. The highest BCUT2D eigenvalue weighted by Gasteiger charge is 2.24. The summed E-state index contributed by atoms with van der Waals surface area (Å²) in [5, 5.41) is 0.807. The maximum Gasteiger partial charge on any atom is 0.261 e. The first kappa shape index (κ1) is 19.0. The lowest BCUT2D eigenvalue weighted by molar-refractivity contribution is 0.0985. The Kier molecular flexibility index (Phi) is 5.39. The zero-order valence-electron chi connectivity index (χ0n) is 14.3. The highest BCUT2D eigenvalue weighted by molar-refractivity contribution is 9.10. The minimum atomic E-state index is -0.345. The summed E-state index contributed by atoms with van der Waals surface area (Å²) in [5.41, 5.74) is 1.82. The molecule has 4 aromatic rings. The maximum atomic E-state index is 13.6. The summed E-state index contributed by atoms with van der Waals surface area (Å²) < 4.78 is 15.0. The fourth-order valence-electron chi connectivity index (χ4n) is 2.71. The van der Waals surface area contributed by atoms with Crippen molar-refractivity contribution in [1.29, 1.82) is 0 Å². The number of hydrogen-bond donors (Lipinski definition) is 0. The molecule has 4 nitrogen and oxygen atoms in total. The molecule has 0 fully saturated rings. The van der Waals surface area contributed by atoms with Crippen LogP contribution in [0.15, 0.2) is 65.4 Å². The molecule has 0 aliphatic carbocycles. The highest BCUT2D eigenvalue weighted by Crippen LogP contribution is 2.32. The van der Waals surface area contributed by atoms with E-state index < -0.39 is 0 Å². The van der Waals surface area contributed by atoms with E-state index in [1.165, 1.54) is 28.4 Å². The molecule has 2 aromatic carbocycles. The van der Waals surface area contributed by atoms with Gasteiger partial charge in [-0.15, -0.1) is 0 Å². The smallest absolute Gasteiger partial charge is 0.261 e. The van der Waals surface area contributed by atoms with Crippen molar-refractivity contribution < 1.29 is 9.18 Å². The number of fused-ring (bicyclic) bond motifs is 1. The van der Waals surface area contributed by atoms with E-state index in [1.807, 2.05) is 6.07 Å². The minimum Gasteiger partial charge on any atom is -0.279 e. The number of halogens is 3. The lowest BCUT2D eigenvalue weighted by atomic mass is 10.2. The fraction of sp³-hybridized carbons (Fsp3) is 0.0500. The summed E-state index contributed by atoms with van der Waals surface area (Å²) in [6.07, 6.45) is 3.36. The molecular formula is C20H12BrClFN3OS. The number of thiazole rings is 1. The molecule has 0 unspecified atom stereocenters. The van der Waals surface area contributed by atoms with E-state index in [0.29, 0.717) is 25.9 Å². The van der Waals surface area contributed by atoms with Crippen LogP contribution in [0.1, 0.15) is 15.9 Å². The average Bonchev–Trinajstić information content (AvgIpc) is 3.11. The molecule has 0 atom stereocenters. The van der Waals surface area contributed by atoms with Crippen molar-refractivity contribution in [2.24, 2.45) is 0 Å². The Morgan fingerprint density at radius 3 is 2.86 bits per heavy atom. The first-order valence-corrected chi connectivity index (χ1v) is 10.2. The van der Waals surface area contributed by atoms with Crippen molar-refractivity contribution in [1.82, 2.24) is 9.97 Å². The summed E-state index contributed by atoms with van der Waals surface area (Å²) in [6, 6.07) is 13.2. The summed E-state index contributed by atoms with van der Waals surface area (Å²) >= 11 is 10.9. The molecule has 2 heterocycles. The van der Waals surface area contributed by atoms with Crippen LogP contribution in [0.3, 0.4) is 0 Å². The summed E-state index contributed by atoms with van der Waals surface area (Å²) in [5.74, 6) is -0.641. The molecular weight excluding hydrogens is 465 g/mol. The quantitative estimate of drug-likeness (QED) is 0.358. The van der Waals surface area contributed by atoms with Crippen LogP contribution in [-0.2, 0) is 6.54 Å². The number of rotatable bonds is 4. The monoisotopic (exact) mass is 475 g/mol. The number of amides is 1. The Morgan fingerprint density at radius 2 is 2.07 bits per heavy atom. The van der Waals surface area contributed by atoms with Gasteiger partial charge in [-0.05, 0) is 48.0 Å². The molecule has 0 saturated carbocycles. The van der Waals surface area contributed by atoms with Crippen LogP contribution in [0, 0.1) is 5.82 Å². The molecule has 0 aliphatic heterocycles. The molecule has 1 amide bonds. The molecule has 0 radical (unpaired) electrons. The maximum absolute atomic E-state index is 13.6. The number of aromatic nitrogens is 2. The van der Waals surface area contributed by atoms with Crippen LogP contribution in [0.25, 0.3) is 10.2 Å². The summed E-state index contributed by atoms with van der Waals surface area (Å²) in [6.45, 7) is 0.262. The van der Waals surface area contributed by atoms with E-state index in [9.17, 15) is 9.18 Å². The number of nitrogens with zero attached hydrogens (tertiary/aromatic N) is 3. The molecule has 0 bridgehead atoms. The number of pyridine rings is 1. The van der Waals surface area contributed by atoms with E-state index in [2.05, 4.69) is 25.9 Å². The van der Waals surface area contributed by atoms with Crippen LogP contribution in [0.2, 0.25) is 5.02 Å². The Balaban J connectivity index is 1.80. The predicted molar refractivity (Wildman–Crippen MR) is 113 cm³/mol. The molecule has 0 saturated heterocycles. The molecule has 8 heteroatoms. The van der Waals surface area contributed by atoms with E-state index in [-0.39, 0.29) is 18.3 Å². The van der Waals surface area contributed by atoms with Gasteiger partial charge >= 0.3 is 0 Å². The molecule has 0 aliphatic rings. The lowest BCUT2D eigenvalue weighted by Crippen LogP contribution is -2.30. The van der Waals surface area contributed by atoms with Gasteiger partial charge in [-0.2, -0.15) is 0 Å². The molecule has 4 rings (SSSR count). The molecule has 2 aromatic heterocycles. The van der Waals surface area contributed by atoms with Crippen LogP contribution in [-0.4, -0.2) is 15.9 Å². The number of anilines is 1. The van der Waals surface area contributed by atoms with Gasteiger partial charge in [-0.3, -0.25) is 14.7 Å². The van der Waals surface area contributed by atoms with E-state index in [4.69, 9.17) is 11.6 Å². The highest BCUT2D eigenvalue weighted by atomic mass is 79.9. The minimum absolute atomic E-state index is 0.262. The molecule has 28 heavy (non-hydrogen) atoms. The van der Waals surface area contributed by atoms with Crippen molar-refractivity contribution in [2.45, 2.75) is 6.54 Å². The fourth-order valence-corrected chi connectivity index (χ4v) is 4.26. The van der Waals surface area contributed by atoms with Crippen LogP contribution < -0.4 is 4.90 Å². The van der Waals surface area contributed by atoms with Crippen LogP contribution >= 0.6 is 38.9 Å². The number of benzene rings is 2. The third kappa shape index (κ3) is 3.92. The number of carbonyl (C=O) groups is 1. The van der Waals surface area contributed by atoms with Gasteiger partial charge in [-0.1, -0.05) is 44.9 Å². The van der Waals surface area contributed by atoms with Gasteiger partial charge < -0.3 is 0 Å². The van der Waals surface area contributed by atoms with Crippen molar-refractivity contribution >= 4 is 60.1 Å². The van der Waals surface area contributed by atoms with E-state index in [1.54, 1.807) is 42.7 Å². The van der Waals surface area contributed by atoms with Crippen LogP contribution in [0.5, 0.6) is 0 Å². The SMILES string of the molecule is O=C(c1cc(Br)ccc1Cl)N(Cc1cccnc1)c1nc2ccc(F)cc2s1. The van der Waals surface area contributed by atoms with Crippen molar-refractivity contribution in [2.75, 3.05) is 4.90 Å². The second-order valence-corrected chi connectivity index (χ2v) is 8.32. The third-order valence-electron chi connectivity index (χ3n) is 4.04. The predicted octanol–water partition coefficient (Wildman–Crippen LogP) is 6.09. The van der Waals surface area contributed by atoms with Gasteiger partial charge in [0.15, 0.2) is 5.13 Å². The first-order chi connectivity index (χ1) is 13.5. The summed E-state index contributed by atoms with van der Waals surface area (Å²) in [4.78, 5) is 23.5. The van der Waals surface area contributed by atoms with Crippen molar-refractivity contribution in [3.05, 3.63) is 87.4 Å². The normalized spacial score (nSPS) is 11.0. The topological polar surface area (TPSA) is 46.1 Å².